The topological polar surface area (TPSA) is 85.8 Å². The first-order valence-electron chi connectivity index (χ1n) is 6.39. The van der Waals surface area contributed by atoms with Crippen LogP contribution in [0.5, 0.6) is 0 Å². The lowest BCUT2D eigenvalue weighted by atomic mass is 10.2. The molecule has 0 amide bonds. The lowest BCUT2D eigenvalue weighted by Crippen LogP contribution is -2.01. The molecule has 0 aliphatic rings. The van der Waals surface area contributed by atoms with Gasteiger partial charge in [0.05, 0.1) is 25.0 Å². The number of carboxylic acids is 1. The molecule has 0 aliphatic carbocycles. The zero-order valence-corrected chi connectivity index (χ0v) is 11.1. The summed E-state index contributed by atoms with van der Waals surface area (Å²) in [4.78, 5) is 14.6. The van der Waals surface area contributed by atoms with Crippen LogP contribution in [0.1, 0.15) is 11.3 Å². The number of carbonyl (C=O) groups is 1. The molecule has 3 aromatic rings. The van der Waals surface area contributed by atoms with Crippen LogP contribution in [-0.4, -0.2) is 35.6 Å². The Hall–Kier alpha value is -2.96. The first kappa shape index (κ1) is 13.0. The molecular weight excluding hydrogens is 270 g/mol. The number of benzene rings is 1. The maximum absolute atomic E-state index is 10.6. The number of carboxylic acid groups (broad SMARTS) is 1. The number of imidazole rings is 1. The van der Waals surface area contributed by atoms with Crippen molar-refractivity contribution in [3.8, 4) is 5.69 Å². The van der Waals surface area contributed by atoms with Crippen molar-refractivity contribution in [3.05, 3.63) is 60.4 Å². The predicted molar refractivity (Wildman–Crippen MR) is 74.0 cm³/mol. The molecule has 0 fully saturated rings. The van der Waals surface area contributed by atoms with Crippen molar-refractivity contribution in [2.24, 2.45) is 0 Å². The van der Waals surface area contributed by atoms with Crippen LogP contribution in [-0.2, 0) is 17.8 Å². The summed E-state index contributed by atoms with van der Waals surface area (Å²) in [6, 6.07) is 7.97. The zero-order chi connectivity index (χ0) is 14.7. The van der Waals surface area contributed by atoms with Crippen molar-refractivity contribution < 1.29 is 9.90 Å². The highest BCUT2D eigenvalue weighted by Crippen LogP contribution is 2.10. The van der Waals surface area contributed by atoms with E-state index in [4.69, 9.17) is 5.11 Å². The zero-order valence-electron chi connectivity index (χ0n) is 11.1. The van der Waals surface area contributed by atoms with Crippen LogP contribution in [0.2, 0.25) is 0 Å². The van der Waals surface area contributed by atoms with E-state index < -0.39 is 5.97 Å². The summed E-state index contributed by atoms with van der Waals surface area (Å²) >= 11 is 0. The van der Waals surface area contributed by atoms with E-state index in [1.807, 2.05) is 35.0 Å². The largest absolute Gasteiger partial charge is 0.481 e. The molecule has 0 radical (unpaired) electrons. The normalized spacial score (nSPS) is 10.7. The minimum absolute atomic E-state index is 0.112. The molecule has 0 aliphatic heterocycles. The van der Waals surface area contributed by atoms with Gasteiger partial charge in [-0.1, -0.05) is 17.3 Å². The lowest BCUT2D eigenvalue weighted by molar-refractivity contribution is -0.136. The van der Waals surface area contributed by atoms with Gasteiger partial charge in [0.15, 0.2) is 0 Å². The van der Waals surface area contributed by atoms with E-state index in [1.165, 1.54) is 0 Å². The minimum atomic E-state index is -0.910. The molecule has 3 rings (SSSR count). The monoisotopic (exact) mass is 283 g/mol. The highest BCUT2D eigenvalue weighted by atomic mass is 16.4. The van der Waals surface area contributed by atoms with E-state index in [0.29, 0.717) is 12.2 Å². The second kappa shape index (κ2) is 5.58. The summed E-state index contributed by atoms with van der Waals surface area (Å²) in [6.07, 6.45) is 6.89. The SMILES string of the molecule is O=C(O)Cc1cn(Cc2ccc(-n3ccnc3)cc2)nn1. The fraction of sp³-hybridized carbons (Fsp3) is 0.143. The second-order valence-corrected chi connectivity index (χ2v) is 4.61. The molecule has 0 unspecified atom stereocenters. The molecule has 2 aromatic heterocycles. The molecule has 0 spiro atoms. The number of nitrogens with zero attached hydrogens (tertiary/aromatic N) is 5. The van der Waals surface area contributed by atoms with Crippen LogP contribution >= 0.6 is 0 Å². The van der Waals surface area contributed by atoms with E-state index in [1.54, 1.807) is 23.4 Å². The Morgan fingerprint density at radius 1 is 1.24 bits per heavy atom. The molecule has 106 valence electrons. The average molecular weight is 283 g/mol. The molecule has 2 heterocycles. The van der Waals surface area contributed by atoms with Crippen molar-refractivity contribution in [1.82, 2.24) is 24.5 Å². The Morgan fingerprint density at radius 3 is 2.71 bits per heavy atom. The highest BCUT2D eigenvalue weighted by Gasteiger charge is 2.06. The number of hydrogen-bond acceptors (Lipinski definition) is 4. The molecule has 0 bridgehead atoms. The van der Waals surface area contributed by atoms with Crippen molar-refractivity contribution in [2.75, 3.05) is 0 Å². The van der Waals surface area contributed by atoms with Gasteiger partial charge in [0.25, 0.3) is 0 Å². The molecule has 0 saturated carbocycles. The number of rotatable bonds is 5. The number of aromatic nitrogens is 5. The first-order chi connectivity index (χ1) is 10.2. The summed E-state index contributed by atoms with van der Waals surface area (Å²) in [5.41, 5.74) is 2.55. The Balaban J connectivity index is 1.70. The molecule has 1 aromatic carbocycles. The summed E-state index contributed by atoms with van der Waals surface area (Å²) in [5, 5.41) is 16.5. The van der Waals surface area contributed by atoms with E-state index in [0.717, 1.165) is 11.3 Å². The summed E-state index contributed by atoms with van der Waals surface area (Å²) in [7, 11) is 0. The van der Waals surface area contributed by atoms with Gasteiger partial charge in [0.2, 0.25) is 0 Å². The molecular formula is C14H13N5O2. The van der Waals surface area contributed by atoms with Gasteiger partial charge in [-0.3, -0.25) is 4.79 Å². The maximum Gasteiger partial charge on any atom is 0.309 e. The number of hydrogen-bond donors (Lipinski definition) is 1. The Bertz CT molecular complexity index is 731. The Kier molecular flexibility index (Phi) is 3.46. The van der Waals surface area contributed by atoms with E-state index in [9.17, 15) is 4.79 Å². The quantitative estimate of drug-likeness (QED) is 0.759. The summed E-state index contributed by atoms with van der Waals surface area (Å²) in [5.74, 6) is -0.910. The van der Waals surface area contributed by atoms with Crippen LogP contribution in [0.15, 0.2) is 49.2 Å². The smallest absolute Gasteiger partial charge is 0.309 e. The molecule has 0 saturated heterocycles. The van der Waals surface area contributed by atoms with Gasteiger partial charge in [-0.2, -0.15) is 0 Å². The minimum Gasteiger partial charge on any atom is -0.481 e. The van der Waals surface area contributed by atoms with E-state index in [2.05, 4.69) is 15.3 Å². The number of aliphatic carboxylic acids is 1. The van der Waals surface area contributed by atoms with Crippen LogP contribution < -0.4 is 0 Å². The van der Waals surface area contributed by atoms with Crippen molar-refractivity contribution >= 4 is 5.97 Å². The average Bonchev–Trinajstić information content (AvgIpc) is 3.11. The highest BCUT2D eigenvalue weighted by molar-refractivity contribution is 5.69. The fourth-order valence-corrected chi connectivity index (χ4v) is 2.02. The molecule has 0 atom stereocenters. The maximum atomic E-state index is 10.6. The summed E-state index contributed by atoms with van der Waals surface area (Å²) < 4.78 is 3.55. The van der Waals surface area contributed by atoms with Crippen molar-refractivity contribution in [2.45, 2.75) is 13.0 Å². The van der Waals surface area contributed by atoms with Gasteiger partial charge in [-0.25, -0.2) is 9.67 Å². The summed E-state index contributed by atoms with van der Waals surface area (Å²) in [6.45, 7) is 0.552. The van der Waals surface area contributed by atoms with Gasteiger partial charge in [-0.05, 0) is 17.7 Å². The van der Waals surface area contributed by atoms with Crippen LogP contribution in [0, 0.1) is 0 Å². The molecule has 7 nitrogen and oxygen atoms in total. The van der Waals surface area contributed by atoms with Crippen LogP contribution in [0.3, 0.4) is 0 Å². The van der Waals surface area contributed by atoms with Gasteiger partial charge < -0.3 is 9.67 Å². The van der Waals surface area contributed by atoms with Crippen LogP contribution in [0.25, 0.3) is 5.69 Å². The third kappa shape index (κ3) is 3.14. The standard InChI is InChI=1S/C14H13N5O2/c20-14(21)7-12-9-19(17-16-12)8-11-1-3-13(4-2-11)18-6-5-15-10-18/h1-6,9-10H,7-8H2,(H,20,21). The van der Waals surface area contributed by atoms with Gasteiger partial charge in [0, 0.05) is 24.3 Å². The van der Waals surface area contributed by atoms with Gasteiger partial charge in [-0.15, -0.1) is 5.10 Å². The first-order valence-corrected chi connectivity index (χ1v) is 6.39. The van der Waals surface area contributed by atoms with Gasteiger partial charge in [0.1, 0.15) is 0 Å². The Labute approximate surface area is 120 Å². The molecule has 1 N–H and O–H groups in total. The van der Waals surface area contributed by atoms with Crippen molar-refractivity contribution in [3.63, 3.8) is 0 Å². The third-order valence-corrected chi connectivity index (χ3v) is 3.00. The van der Waals surface area contributed by atoms with E-state index >= 15 is 0 Å². The molecule has 21 heavy (non-hydrogen) atoms. The van der Waals surface area contributed by atoms with Crippen molar-refractivity contribution in [1.29, 1.82) is 0 Å². The third-order valence-electron chi connectivity index (χ3n) is 3.00. The predicted octanol–water partition coefficient (Wildman–Crippen LogP) is 1.14. The van der Waals surface area contributed by atoms with E-state index in [-0.39, 0.29) is 6.42 Å². The van der Waals surface area contributed by atoms with Gasteiger partial charge >= 0.3 is 5.97 Å². The molecule has 7 heteroatoms. The second-order valence-electron chi connectivity index (χ2n) is 4.61. The fourth-order valence-electron chi connectivity index (χ4n) is 2.02. The Morgan fingerprint density at radius 2 is 2.05 bits per heavy atom. The van der Waals surface area contributed by atoms with Crippen LogP contribution in [0.4, 0.5) is 0 Å². The lowest BCUT2D eigenvalue weighted by Gasteiger charge is -2.04.